The topological polar surface area (TPSA) is 20.3 Å². The van der Waals surface area contributed by atoms with E-state index < -0.39 is 0 Å². The van der Waals surface area contributed by atoms with Crippen LogP contribution in [0, 0.1) is 5.92 Å². The Morgan fingerprint density at radius 1 is 1.39 bits per heavy atom. The maximum Gasteiger partial charge on any atom is 0.138 e. The van der Waals surface area contributed by atoms with Crippen molar-refractivity contribution in [3.63, 3.8) is 0 Å². The minimum Gasteiger partial charge on any atom is -0.299 e. The normalized spacial score (nSPS) is 27.2. The highest BCUT2D eigenvalue weighted by molar-refractivity contribution is 9.10. The summed E-state index contributed by atoms with van der Waals surface area (Å²) in [5.74, 6) is 0.550. The van der Waals surface area contributed by atoms with Crippen LogP contribution >= 0.6 is 15.9 Å². The molecule has 1 saturated heterocycles. The van der Waals surface area contributed by atoms with Crippen LogP contribution in [-0.4, -0.2) is 23.3 Å². The van der Waals surface area contributed by atoms with E-state index >= 15 is 0 Å². The van der Waals surface area contributed by atoms with E-state index in [1.54, 1.807) is 0 Å². The number of hydrogen-bond acceptors (Lipinski definition) is 2. The molecule has 1 fully saturated rings. The molecule has 3 unspecified atom stereocenters. The number of nitrogens with zero attached hydrogens (tertiary/aromatic N) is 1. The average molecular weight is 310 g/mol. The zero-order chi connectivity index (χ0) is 13.3. The van der Waals surface area contributed by atoms with Gasteiger partial charge >= 0.3 is 0 Å². The molecule has 1 aliphatic heterocycles. The Bertz CT molecular complexity index is 446. The van der Waals surface area contributed by atoms with Gasteiger partial charge in [0.2, 0.25) is 0 Å². The quantitative estimate of drug-likeness (QED) is 0.828. The lowest BCUT2D eigenvalue weighted by atomic mass is 9.88. The summed E-state index contributed by atoms with van der Waals surface area (Å²) >= 11 is 3.52. The summed E-state index contributed by atoms with van der Waals surface area (Å²) in [7, 11) is 0. The van der Waals surface area contributed by atoms with Crippen molar-refractivity contribution in [3.8, 4) is 0 Å². The van der Waals surface area contributed by atoms with Gasteiger partial charge in [-0.05, 0) is 31.5 Å². The first kappa shape index (κ1) is 13.8. The molecule has 0 aliphatic carbocycles. The minimum absolute atomic E-state index is 0.147. The Hall–Kier alpha value is -0.670. The van der Waals surface area contributed by atoms with Crippen molar-refractivity contribution >= 4 is 21.7 Å². The number of ketones is 1. The molecule has 98 valence electrons. The van der Waals surface area contributed by atoms with Crippen LogP contribution < -0.4 is 0 Å². The highest BCUT2D eigenvalue weighted by Crippen LogP contribution is 2.30. The van der Waals surface area contributed by atoms with Gasteiger partial charge in [-0.2, -0.15) is 0 Å². The van der Waals surface area contributed by atoms with E-state index in [-0.39, 0.29) is 5.92 Å². The first-order chi connectivity index (χ1) is 8.50. The largest absolute Gasteiger partial charge is 0.299 e. The average Bonchev–Trinajstić information content (AvgIpc) is 2.35. The summed E-state index contributed by atoms with van der Waals surface area (Å²) < 4.78 is 1.11. The van der Waals surface area contributed by atoms with Crippen LogP contribution in [0.3, 0.4) is 0 Å². The molecule has 3 heteroatoms. The lowest BCUT2D eigenvalue weighted by Crippen LogP contribution is -2.47. The maximum absolute atomic E-state index is 11.7. The van der Waals surface area contributed by atoms with Gasteiger partial charge in [0, 0.05) is 35.4 Å². The standard InChI is InChI=1S/C15H20BrNO/c1-10-11(2)17(8-7-15(10)18)12(3)13-5-4-6-14(16)9-13/h4-6,9-12H,7-8H2,1-3H3. The Labute approximate surface area is 117 Å². The summed E-state index contributed by atoms with van der Waals surface area (Å²) in [6.45, 7) is 7.31. The summed E-state index contributed by atoms with van der Waals surface area (Å²) in [6.07, 6.45) is 0.684. The summed E-state index contributed by atoms with van der Waals surface area (Å²) in [4.78, 5) is 14.2. The van der Waals surface area contributed by atoms with Crippen molar-refractivity contribution in [2.75, 3.05) is 6.54 Å². The Morgan fingerprint density at radius 3 is 2.78 bits per heavy atom. The van der Waals surface area contributed by atoms with E-state index in [2.05, 4.69) is 52.9 Å². The summed E-state index contributed by atoms with van der Waals surface area (Å²) in [6, 6.07) is 9.11. The van der Waals surface area contributed by atoms with E-state index in [0.717, 1.165) is 11.0 Å². The summed E-state index contributed by atoms with van der Waals surface area (Å²) in [5.41, 5.74) is 1.30. The number of benzene rings is 1. The second kappa shape index (κ2) is 5.54. The first-order valence-corrected chi connectivity index (χ1v) is 7.34. The molecule has 0 N–H and O–H groups in total. The fraction of sp³-hybridized carbons (Fsp3) is 0.533. The van der Waals surface area contributed by atoms with Crippen LogP contribution in [0.1, 0.15) is 38.8 Å². The number of carbonyl (C=O) groups is 1. The van der Waals surface area contributed by atoms with Gasteiger partial charge < -0.3 is 0 Å². The van der Waals surface area contributed by atoms with Gasteiger partial charge in [-0.1, -0.05) is 35.0 Å². The smallest absolute Gasteiger partial charge is 0.138 e. The van der Waals surface area contributed by atoms with E-state index in [0.29, 0.717) is 24.3 Å². The predicted octanol–water partition coefficient (Wildman–Crippen LogP) is 3.81. The third-order valence-corrected chi connectivity index (χ3v) is 4.69. The number of hydrogen-bond donors (Lipinski definition) is 0. The fourth-order valence-corrected chi connectivity index (χ4v) is 3.15. The molecule has 2 rings (SSSR count). The Balaban J connectivity index is 2.18. The number of likely N-dealkylation sites (tertiary alicyclic amines) is 1. The van der Waals surface area contributed by atoms with Crippen molar-refractivity contribution in [2.45, 2.75) is 39.3 Å². The molecule has 0 saturated carbocycles. The molecule has 1 aromatic rings. The van der Waals surface area contributed by atoms with Gasteiger partial charge in [0.05, 0.1) is 0 Å². The fourth-order valence-electron chi connectivity index (χ4n) is 2.73. The van der Waals surface area contributed by atoms with Gasteiger partial charge in [0.25, 0.3) is 0 Å². The van der Waals surface area contributed by atoms with Crippen LogP contribution in [0.4, 0.5) is 0 Å². The van der Waals surface area contributed by atoms with Crippen molar-refractivity contribution in [1.29, 1.82) is 0 Å². The number of halogens is 1. The Morgan fingerprint density at radius 2 is 2.11 bits per heavy atom. The maximum atomic E-state index is 11.7. The summed E-state index contributed by atoms with van der Waals surface area (Å²) in [5, 5.41) is 0. The van der Waals surface area contributed by atoms with E-state index in [1.807, 2.05) is 13.0 Å². The van der Waals surface area contributed by atoms with Crippen LogP contribution in [0.2, 0.25) is 0 Å². The molecular weight excluding hydrogens is 290 g/mol. The lowest BCUT2D eigenvalue weighted by molar-refractivity contribution is -0.128. The molecule has 18 heavy (non-hydrogen) atoms. The molecule has 0 radical (unpaired) electrons. The van der Waals surface area contributed by atoms with Crippen LogP contribution in [-0.2, 0) is 4.79 Å². The number of rotatable bonds is 2. The van der Waals surface area contributed by atoms with Gasteiger partial charge in [-0.15, -0.1) is 0 Å². The molecule has 1 aromatic carbocycles. The highest BCUT2D eigenvalue weighted by Gasteiger charge is 2.33. The zero-order valence-corrected chi connectivity index (χ0v) is 12.8. The van der Waals surface area contributed by atoms with Crippen LogP contribution in [0.15, 0.2) is 28.7 Å². The second-order valence-corrected chi connectivity index (χ2v) is 6.13. The third-order valence-electron chi connectivity index (χ3n) is 4.20. The van der Waals surface area contributed by atoms with Gasteiger partial charge in [0.15, 0.2) is 0 Å². The van der Waals surface area contributed by atoms with Crippen molar-refractivity contribution in [2.24, 2.45) is 5.92 Å². The van der Waals surface area contributed by atoms with Crippen molar-refractivity contribution in [3.05, 3.63) is 34.3 Å². The van der Waals surface area contributed by atoms with Gasteiger partial charge in [-0.3, -0.25) is 9.69 Å². The highest BCUT2D eigenvalue weighted by atomic mass is 79.9. The molecule has 0 amide bonds. The van der Waals surface area contributed by atoms with Gasteiger partial charge in [0.1, 0.15) is 5.78 Å². The number of carbonyl (C=O) groups excluding carboxylic acids is 1. The third kappa shape index (κ3) is 2.67. The molecule has 3 atom stereocenters. The molecule has 0 spiro atoms. The van der Waals surface area contributed by atoms with E-state index in [1.165, 1.54) is 5.56 Å². The molecule has 1 heterocycles. The molecular formula is C15H20BrNO. The van der Waals surface area contributed by atoms with Crippen LogP contribution in [0.25, 0.3) is 0 Å². The molecule has 2 nitrogen and oxygen atoms in total. The predicted molar refractivity (Wildman–Crippen MR) is 77.5 cm³/mol. The molecule has 1 aliphatic rings. The Kier molecular flexibility index (Phi) is 4.23. The molecule has 0 bridgehead atoms. The second-order valence-electron chi connectivity index (χ2n) is 5.21. The van der Waals surface area contributed by atoms with E-state index in [9.17, 15) is 4.79 Å². The SMILES string of the molecule is CC1C(=O)CCN(C(C)c2cccc(Br)c2)C1C. The van der Waals surface area contributed by atoms with Crippen molar-refractivity contribution in [1.82, 2.24) is 4.90 Å². The van der Waals surface area contributed by atoms with Crippen molar-refractivity contribution < 1.29 is 4.79 Å². The molecule has 0 aromatic heterocycles. The number of piperidine rings is 1. The zero-order valence-electron chi connectivity index (χ0n) is 11.2. The lowest BCUT2D eigenvalue weighted by Gasteiger charge is -2.41. The monoisotopic (exact) mass is 309 g/mol. The minimum atomic E-state index is 0.147. The number of Topliss-reactive ketones (excluding diaryl/α,β-unsaturated/α-hetero) is 1. The van der Waals surface area contributed by atoms with Crippen LogP contribution in [0.5, 0.6) is 0 Å². The van der Waals surface area contributed by atoms with E-state index in [4.69, 9.17) is 0 Å². The van der Waals surface area contributed by atoms with Gasteiger partial charge in [-0.25, -0.2) is 0 Å². The first-order valence-electron chi connectivity index (χ1n) is 6.54.